The molecule has 0 aliphatic heterocycles. The molecule has 2 aliphatic rings. The number of aryl methyl sites for hydroxylation is 1. The number of nitrogens with one attached hydrogen (secondary N) is 1. The van der Waals surface area contributed by atoms with E-state index in [2.05, 4.69) is 10.4 Å². The lowest BCUT2D eigenvalue weighted by molar-refractivity contribution is -0.313. The van der Waals surface area contributed by atoms with Gasteiger partial charge in [0.15, 0.2) is 5.82 Å². The molecule has 1 N–H and O–H groups in total. The Morgan fingerprint density at radius 1 is 1.21 bits per heavy atom. The van der Waals surface area contributed by atoms with Gasteiger partial charge in [-0.15, -0.1) is 0 Å². The number of benzene rings is 1. The van der Waals surface area contributed by atoms with Crippen LogP contribution in [0.25, 0.3) is 0 Å². The van der Waals surface area contributed by atoms with E-state index in [1.165, 1.54) is 0 Å². The molecule has 0 unspecified atom stereocenters. The van der Waals surface area contributed by atoms with Crippen LogP contribution in [0.3, 0.4) is 0 Å². The van der Waals surface area contributed by atoms with Crippen molar-refractivity contribution in [3.63, 3.8) is 0 Å². The molecular formula is C21H23F4N3O. The minimum atomic E-state index is -4.14. The van der Waals surface area contributed by atoms with Crippen molar-refractivity contribution in [3.8, 4) is 0 Å². The summed E-state index contributed by atoms with van der Waals surface area (Å²) in [6.07, 6.45) is 2.06. The molecule has 2 saturated carbocycles. The molecule has 1 aromatic carbocycles. The minimum absolute atomic E-state index is 0.257. The van der Waals surface area contributed by atoms with Gasteiger partial charge in [-0.05, 0) is 24.3 Å². The second-order valence-corrected chi connectivity index (χ2v) is 8.10. The van der Waals surface area contributed by atoms with Crippen molar-refractivity contribution < 1.29 is 22.4 Å². The molecule has 8 heteroatoms. The van der Waals surface area contributed by atoms with E-state index in [1.54, 1.807) is 11.7 Å². The fourth-order valence-corrected chi connectivity index (χ4v) is 4.14. The highest BCUT2D eigenvalue weighted by Gasteiger charge is 2.71. The average molecular weight is 409 g/mol. The van der Waals surface area contributed by atoms with Gasteiger partial charge < -0.3 is 5.32 Å². The van der Waals surface area contributed by atoms with E-state index in [-0.39, 0.29) is 5.92 Å². The Morgan fingerprint density at radius 2 is 1.90 bits per heavy atom. The monoisotopic (exact) mass is 409 g/mol. The summed E-state index contributed by atoms with van der Waals surface area (Å²) in [6, 6.07) is 9.85. The van der Waals surface area contributed by atoms with E-state index >= 15 is 0 Å². The summed E-state index contributed by atoms with van der Waals surface area (Å²) in [4.78, 5) is 12.3. The van der Waals surface area contributed by atoms with E-state index in [4.69, 9.17) is 0 Å². The zero-order chi connectivity index (χ0) is 20.8. The summed E-state index contributed by atoms with van der Waals surface area (Å²) in [6.45, 7) is 0. The average Bonchev–Trinajstić information content (AvgIpc) is 2.89. The lowest BCUT2D eigenvalue weighted by atomic mass is 9.74. The van der Waals surface area contributed by atoms with Crippen LogP contribution in [-0.2, 0) is 18.3 Å². The Balaban J connectivity index is 1.53. The maximum atomic E-state index is 13.5. The largest absolute Gasteiger partial charge is 0.313 e. The van der Waals surface area contributed by atoms with Crippen molar-refractivity contribution in [2.45, 2.75) is 56.3 Å². The molecule has 1 heterocycles. The summed E-state index contributed by atoms with van der Waals surface area (Å²) < 4.78 is 54.8. The van der Waals surface area contributed by atoms with Crippen molar-refractivity contribution in [3.05, 3.63) is 47.2 Å². The van der Waals surface area contributed by atoms with Crippen LogP contribution in [0.15, 0.2) is 30.3 Å². The van der Waals surface area contributed by atoms with Crippen LogP contribution < -0.4 is 5.32 Å². The molecule has 1 amide bonds. The lowest BCUT2D eigenvalue weighted by Gasteiger charge is -2.43. The topological polar surface area (TPSA) is 46.9 Å². The molecule has 2 aromatic rings. The highest BCUT2D eigenvalue weighted by atomic mass is 19.3. The summed E-state index contributed by atoms with van der Waals surface area (Å²) in [5.41, 5.74) is 3.00. The van der Waals surface area contributed by atoms with Crippen molar-refractivity contribution in [2.75, 3.05) is 5.32 Å². The van der Waals surface area contributed by atoms with Crippen LogP contribution >= 0.6 is 0 Å². The maximum absolute atomic E-state index is 13.5. The van der Waals surface area contributed by atoms with Crippen LogP contribution in [0.2, 0.25) is 0 Å². The van der Waals surface area contributed by atoms with Crippen LogP contribution in [0.5, 0.6) is 0 Å². The van der Waals surface area contributed by atoms with Gasteiger partial charge in [0, 0.05) is 43.5 Å². The Hall–Kier alpha value is -2.38. The number of hydrogen-bond acceptors (Lipinski definition) is 2. The standard InChI is InChI=1S/C21H23F4N3O/c1-28-16(10-13-6-3-2-4-7-13)18(14-8-5-9-14)19(27-28)26-17(29)11-15-12-20(22,23)21(15,24)25/h2-4,6-7,14-15H,5,8-12H2,1H3,(H,26,27,29)/t15-/m1/s1. The van der Waals surface area contributed by atoms with Gasteiger partial charge in [-0.25, -0.2) is 0 Å². The van der Waals surface area contributed by atoms with Crippen molar-refractivity contribution in [1.82, 2.24) is 9.78 Å². The number of halogens is 4. The SMILES string of the molecule is Cn1nc(NC(=O)C[C@@H]2CC(F)(F)C2(F)F)c(C2CCC2)c1Cc1ccccc1. The van der Waals surface area contributed by atoms with E-state index < -0.39 is 36.5 Å². The molecular weight excluding hydrogens is 386 g/mol. The Bertz CT molecular complexity index is 906. The normalized spacial score (nSPS) is 22.6. The molecule has 29 heavy (non-hydrogen) atoms. The zero-order valence-corrected chi connectivity index (χ0v) is 16.1. The van der Waals surface area contributed by atoms with Crippen molar-refractivity contribution in [1.29, 1.82) is 0 Å². The molecule has 4 nitrogen and oxygen atoms in total. The second kappa shape index (κ2) is 7.15. The Labute approximate surface area is 166 Å². The first-order chi connectivity index (χ1) is 13.7. The predicted octanol–water partition coefficient (Wildman–Crippen LogP) is 4.90. The number of aromatic nitrogens is 2. The number of nitrogens with zero attached hydrogens (tertiary/aromatic N) is 2. The van der Waals surface area contributed by atoms with Crippen molar-refractivity contribution >= 4 is 11.7 Å². The molecule has 1 aromatic heterocycles. The molecule has 2 fully saturated rings. The van der Waals surface area contributed by atoms with Gasteiger partial charge in [0.25, 0.3) is 0 Å². The Morgan fingerprint density at radius 3 is 2.45 bits per heavy atom. The van der Waals surface area contributed by atoms with Gasteiger partial charge >= 0.3 is 11.8 Å². The fourth-order valence-electron chi connectivity index (χ4n) is 4.14. The molecule has 0 saturated heterocycles. The highest BCUT2D eigenvalue weighted by molar-refractivity contribution is 5.91. The minimum Gasteiger partial charge on any atom is -0.309 e. The fraction of sp³-hybridized carbons (Fsp3) is 0.524. The van der Waals surface area contributed by atoms with Gasteiger partial charge in [0.2, 0.25) is 5.91 Å². The first-order valence-electron chi connectivity index (χ1n) is 9.84. The van der Waals surface area contributed by atoms with E-state index in [0.717, 1.165) is 36.1 Å². The molecule has 0 bridgehead atoms. The number of amides is 1. The number of carbonyl (C=O) groups is 1. The summed E-state index contributed by atoms with van der Waals surface area (Å²) in [5, 5.41) is 7.04. The number of anilines is 1. The molecule has 2 aliphatic carbocycles. The van der Waals surface area contributed by atoms with E-state index in [9.17, 15) is 22.4 Å². The van der Waals surface area contributed by atoms with Gasteiger partial charge in [0.05, 0.1) is 0 Å². The van der Waals surface area contributed by atoms with Crippen LogP contribution in [0.4, 0.5) is 23.4 Å². The second-order valence-electron chi connectivity index (χ2n) is 8.10. The van der Waals surface area contributed by atoms with Gasteiger partial charge in [-0.3, -0.25) is 9.48 Å². The van der Waals surface area contributed by atoms with Crippen molar-refractivity contribution in [2.24, 2.45) is 13.0 Å². The predicted molar refractivity (Wildman–Crippen MR) is 100 cm³/mol. The summed E-state index contributed by atoms with van der Waals surface area (Å²) in [5.74, 6) is -9.88. The molecule has 0 radical (unpaired) electrons. The lowest BCUT2D eigenvalue weighted by Crippen LogP contribution is -2.59. The summed E-state index contributed by atoms with van der Waals surface area (Å²) >= 11 is 0. The van der Waals surface area contributed by atoms with E-state index in [0.29, 0.717) is 12.2 Å². The molecule has 0 spiro atoms. The third-order valence-corrected chi connectivity index (χ3v) is 6.13. The zero-order valence-electron chi connectivity index (χ0n) is 16.1. The first kappa shape index (κ1) is 19.9. The smallest absolute Gasteiger partial charge is 0.309 e. The number of rotatable bonds is 6. The van der Waals surface area contributed by atoms with Gasteiger partial charge in [-0.2, -0.15) is 22.7 Å². The molecule has 4 rings (SSSR count). The molecule has 1 atom stereocenters. The van der Waals surface area contributed by atoms with Crippen LogP contribution in [0, 0.1) is 5.92 Å². The summed E-state index contributed by atoms with van der Waals surface area (Å²) in [7, 11) is 1.79. The van der Waals surface area contributed by atoms with Crippen LogP contribution in [-0.4, -0.2) is 27.5 Å². The number of hydrogen-bond donors (Lipinski definition) is 1. The Kier molecular flexibility index (Phi) is 4.91. The van der Waals surface area contributed by atoms with Gasteiger partial charge in [0.1, 0.15) is 0 Å². The third kappa shape index (κ3) is 3.53. The van der Waals surface area contributed by atoms with Crippen LogP contribution in [0.1, 0.15) is 54.8 Å². The van der Waals surface area contributed by atoms with Gasteiger partial charge in [-0.1, -0.05) is 36.8 Å². The first-order valence-corrected chi connectivity index (χ1v) is 9.84. The van der Waals surface area contributed by atoms with E-state index in [1.807, 2.05) is 30.3 Å². The number of carbonyl (C=O) groups excluding carboxylic acids is 1. The maximum Gasteiger partial charge on any atom is 0.313 e. The quantitative estimate of drug-likeness (QED) is 0.690. The highest BCUT2D eigenvalue weighted by Crippen LogP contribution is 2.56. The number of alkyl halides is 4. The molecule has 156 valence electrons. The third-order valence-electron chi connectivity index (χ3n) is 6.13.